The number of carbonyl (C=O) groups is 2. The standard InChI is InChI=1S/C15H30N2O.C12H12N2O2/c1-13(7-5-6-12-16)17-15(18)11-10-14-8-3-2-4-9-14;1-8-5-12(16)14(2)11-6-9(13-7-15)3-4-10(8)11/h13-14H,2-12,16H2,1H3,(H,17,18);3-7H,1-2H3,(H,13,15). The number of nitrogens with zero attached hydrogens (tertiary/aromatic N) is 1. The Balaban J connectivity index is 0.000000241. The molecule has 1 aliphatic carbocycles. The minimum atomic E-state index is -0.0479. The molecule has 0 spiro atoms. The number of hydrogen-bond donors (Lipinski definition) is 3. The molecule has 0 bridgehead atoms. The highest BCUT2D eigenvalue weighted by Gasteiger charge is 2.15. The van der Waals surface area contributed by atoms with Crippen molar-refractivity contribution >= 4 is 28.9 Å². The van der Waals surface area contributed by atoms with E-state index in [0.717, 1.165) is 54.6 Å². The van der Waals surface area contributed by atoms with Gasteiger partial charge in [0.15, 0.2) is 0 Å². The van der Waals surface area contributed by atoms with Crippen LogP contribution in [0.4, 0.5) is 5.69 Å². The maximum Gasteiger partial charge on any atom is 0.251 e. The van der Waals surface area contributed by atoms with Crippen molar-refractivity contribution in [1.29, 1.82) is 0 Å². The Morgan fingerprint density at radius 1 is 1.21 bits per heavy atom. The number of pyridine rings is 1. The predicted octanol–water partition coefficient (Wildman–Crippen LogP) is 4.40. The van der Waals surface area contributed by atoms with Crippen LogP contribution in [0.2, 0.25) is 0 Å². The van der Waals surface area contributed by atoms with Crippen LogP contribution in [0.3, 0.4) is 0 Å². The largest absolute Gasteiger partial charge is 0.354 e. The zero-order chi connectivity index (χ0) is 24.9. The molecule has 0 aliphatic heterocycles. The molecule has 1 aromatic carbocycles. The molecule has 1 unspecified atom stereocenters. The van der Waals surface area contributed by atoms with Gasteiger partial charge in [0.1, 0.15) is 0 Å². The average molecular weight is 471 g/mol. The minimum Gasteiger partial charge on any atom is -0.354 e. The van der Waals surface area contributed by atoms with E-state index in [1.807, 2.05) is 19.1 Å². The zero-order valence-electron chi connectivity index (χ0n) is 21.1. The Morgan fingerprint density at radius 3 is 2.62 bits per heavy atom. The van der Waals surface area contributed by atoms with Crippen LogP contribution < -0.4 is 21.9 Å². The van der Waals surface area contributed by atoms with E-state index in [9.17, 15) is 14.4 Å². The van der Waals surface area contributed by atoms with Crippen molar-refractivity contribution in [2.45, 2.75) is 84.1 Å². The lowest BCUT2D eigenvalue weighted by Crippen LogP contribution is -2.32. The highest BCUT2D eigenvalue weighted by molar-refractivity contribution is 5.87. The summed E-state index contributed by atoms with van der Waals surface area (Å²) in [6.07, 6.45) is 12.4. The van der Waals surface area contributed by atoms with E-state index in [0.29, 0.717) is 24.6 Å². The summed E-state index contributed by atoms with van der Waals surface area (Å²) in [4.78, 5) is 33.7. The molecule has 2 aromatic rings. The molecule has 3 rings (SSSR count). The Kier molecular flexibility index (Phi) is 11.8. The lowest BCUT2D eigenvalue weighted by molar-refractivity contribution is -0.122. The van der Waals surface area contributed by atoms with E-state index in [4.69, 9.17) is 5.73 Å². The molecule has 0 radical (unpaired) electrons. The summed E-state index contributed by atoms with van der Waals surface area (Å²) in [5.41, 5.74) is 7.85. The molecule has 1 saturated carbocycles. The smallest absolute Gasteiger partial charge is 0.251 e. The first kappa shape index (κ1) is 27.6. The van der Waals surface area contributed by atoms with Gasteiger partial charge in [-0.15, -0.1) is 0 Å². The van der Waals surface area contributed by atoms with E-state index in [2.05, 4.69) is 17.6 Å². The number of nitrogens with one attached hydrogen (secondary N) is 2. The van der Waals surface area contributed by atoms with Crippen LogP contribution in [-0.2, 0) is 16.6 Å². The minimum absolute atomic E-state index is 0.0479. The van der Waals surface area contributed by atoms with E-state index >= 15 is 0 Å². The molecule has 34 heavy (non-hydrogen) atoms. The summed E-state index contributed by atoms with van der Waals surface area (Å²) in [5, 5.41) is 6.68. The van der Waals surface area contributed by atoms with Crippen molar-refractivity contribution in [1.82, 2.24) is 9.88 Å². The summed E-state index contributed by atoms with van der Waals surface area (Å²) < 4.78 is 1.57. The van der Waals surface area contributed by atoms with Crippen molar-refractivity contribution < 1.29 is 9.59 Å². The number of unbranched alkanes of at least 4 members (excludes halogenated alkanes) is 1. The normalized spacial score (nSPS) is 14.7. The molecule has 0 saturated heterocycles. The third-order valence-electron chi connectivity index (χ3n) is 6.68. The zero-order valence-corrected chi connectivity index (χ0v) is 21.1. The Hall–Kier alpha value is -2.67. The highest BCUT2D eigenvalue weighted by atomic mass is 16.1. The van der Waals surface area contributed by atoms with Crippen molar-refractivity contribution in [2.24, 2.45) is 18.7 Å². The Labute approximate surface area is 203 Å². The van der Waals surface area contributed by atoms with Crippen LogP contribution in [0.5, 0.6) is 0 Å². The quantitative estimate of drug-likeness (QED) is 0.353. The van der Waals surface area contributed by atoms with Gasteiger partial charge >= 0.3 is 0 Å². The van der Waals surface area contributed by atoms with Crippen LogP contribution in [0.1, 0.15) is 76.7 Å². The average Bonchev–Trinajstić information content (AvgIpc) is 2.83. The van der Waals surface area contributed by atoms with E-state index in [1.165, 1.54) is 32.1 Å². The van der Waals surface area contributed by atoms with E-state index in [1.54, 1.807) is 23.7 Å². The lowest BCUT2D eigenvalue weighted by Gasteiger charge is -2.21. The second-order valence-electron chi connectivity index (χ2n) is 9.51. The Morgan fingerprint density at radius 2 is 1.94 bits per heavy atom. The number of hydrogen-bond acceptors (Lipinski definition) is 4. The van der Waals surface area contributed by atoms with Gasteiger partial charge in [-0.25, -0.2) is 0 Å². The van der Waals surface area contributed by atoms with E-state index in [-0.39, 0.29) is 11.5 Å². The summed E-state index contributed by atoms with van der Waals surface area (Å²) in [5.74, 6) is 1.04. The van der Waals surface area contributed by atoms with Gasteiger partial charge in [-0.05, 0) is 63.3 Å². The van der Waals surface area contributed by atoms with Crippen LogP contribution in [0, 0.1) is 12.8 Å². The fourth-order valence-electron chi connectivity index (χ4n) is 4.60. The number of anilines is 1. The molecule has 1 fully saturated rings. The fraction of sp³-hybridized carbons (Fsp3) is 0.593. The first-order chi connectivity index (χ1) is 16.3. The van der Waals surface area contributed by atoms with Crippen molar-refractivity contribution in [3.8, 4) is 0 Å². The van der Waals surface area contributed by atoms with Crippen molar-refractivity contribution in [2.75, 3.05) is 11.9 Å². The number of nitrogens with two attached hydrogens (primary N) is 1. The number of rotatable bonds is 10. The molecule has 2 amide bonds. The number of fused-ring (bicyclic) bond motifs is 1. The van der Waals surface area contributed by atoms with Gasteiger partial charge in [-0.3, -0.25) is 14.4 Å². The molecule has 1 atom stereocenters. The van der Waals surface area contributed by atoms with Gasteiger partial charge in [-0.2, -0.15) is 0 Å². The second-order valence-corrected chi connectivity index (χ2v) is 9.51. The lowest BCUT2D eigenvalue weighted by atomic mass is 9.86. The molecule has 4 N–H and O–H groups in total. The number of benzene rings is 1. The van der Waals surface area contributed by atoms with Gasteiger partial charge in [0.05, 0.1) is 5.52 Å². The maximum absolute atomic E-state index is 11.8. The molecular weight excluding hydrogens is 428 g/mol. The van der Waals surface area contributed by atoms with Crippen LogP contribution in [0.25, 0.3) is 10.9 Å². The fourth-order valence-corrected chi connectivity index (χ4v) is 4.60. The summed E-state index contributed by atoms with van der Waals surface area (Å²) in [6.45, 7) is 4.74. The molecule has 1 heterocycles. The van der Waals surface area contributed by atoms with Gasteiger partial charge in [0.2, 0.25) is 12.3 Å². The van der Waals surface area contributed by atoms with E-state index < -0.39 is 0 Å². The Bertz CT molecular complexity index is 980. The first-order valence-electron chi connectivity index (χ1n) is 12.7. The molecule has 188 valence electrons. The molecule has 1 aliphatic rings. The molecule has 7 heteroatoms. The predicted molar refractivity (Wildman–Crippen MR) is 140 cm³/mol. The topological polar surface area (TPSA) is 106 Å². The second kappa shape index (κ2) is 14.6. The monoisotopic (exact) mass is 470 g/mol. The highest BCUT2D eigenvalue weighted by Crippen LogP contribution is 2.27. The van der Waals surface area contributed by atoms with Crippen LogP contribution in [0.15, 0.2) is 29.1 Å². The third kappa shape index (κ3) is 8.93. The molecule has 7 nitrogen and oxygen atoms in total. The van der Waals surface area contributed by atoms with Crippen molar-refractivity contribution in [3.05, 3.63) is 40.2 Å². The molecule has 1 aromatic heterocycles. The number of carbonyl (C=O) groups excluding carboxylic acids is 2. The number of aryl methyl sites for hydroxylation is 2. The summed E-state index contributed by atoms with van der Waals surface area (Å²) in [7, 11) is 1.72. The van der Waals surface area contributed by atoms with Crippen LogP contribution >= 0.6 is 0 Å². The van der Waals surface area contributed by atoms with Gasteiger partial charge in [0.25, 0.3) is 5.56 Å². The van der Waals surface area contributed by atoms with Gasteiger partial charge < -0.3 is 20.9 Å². The van der Waals surface area contributed by atoms with Crippen molar-refractivity contribution in [3.63, 3.8) is 0 Å². The van der Waals surface area contributed by atoms with Crippen LogP contribution in [-0.4, -0.2) is 29.5 Å². The molecular formula is C27H42N4O3. The SMILES string of the molecule is CC(CCCCN)NC(=O)CCC1CCCCC1.Cc1cc(=O)n(C)c2cc(NC=O)ccc12. The summed E-state index contributed by atoms with van der Waals surface area (Å²) >= 11 is 0. The van der Waals surface area contributed by atoms with Gasteiger partial charge in [-0.1, -0.05) is 44.6 Å². The summed E-state index contributed by atoms with van der Waals surface area (Å²) in [6, 6.07) is 7.41. The first-order valence-corrected chi connectivity index (χ1v) is 12.7. The third-order valence-corrected chi connectivity index (χ3v) is 6.68. The van der Waals surface area contributed by atoms with Gasteiger partial charge in [0, 0.05) is 36.7 Å². The number of aromatic nitrogens is 1. The number of amides is 2. The maximum atomic E-state index is 11.8.